The van der Waals surface area contributed by atoms with Crippen LogP contribution in [0.25, 0.3) is 0 Å². The van der Waals surface area contributed by atoms with Gasteiger partial charge in [-0.05, 0) is 38.1 Å². The Hall–Kier alpha value is -2.32. The molecule has 0 aliphatic heterocycles. The summed E-state index contributed by atoms with van der Waals surface area (Å²) in [5.41, 5.74) is 5.33. The summed E-state index contributed by atoms with van der Waals surface area (Å²) in [5.74, 6) is 1.38. The van der Waals surface area contributed by atoms with Crippen molar-refractivity contribution >= 4 is 5.95 Å². The van der Waals surface area contributed by atoms with Gasteiger partial charge in [0.05, 0.1) is 0 Å². The van der Waals surface area contributed by atoms with Crippen molar-refractivity contribution in [2.75, 3.05) is 18.9 Å². The maximum Gasteiger partial charge on any atom is 0.266 e. The summed E-state index contributed by atoms with van der Waals surface area (Å²) in [4.78, 5) is 3.86. The SMILES string of the molecule is CC(C)(C)NCC(O)COc1ccccc1OCc1nc(N)no1. The lowest BCUT2D eigenvalue weighted by Gasteiger charge is -2.23. The summed E-state index contributed by atoms with van der Waals surface area (Å²) in [5, 5.41) is 16.7. The van der Waals surface area contributed by atoms with Gasteiger partial charge in [0, 0.05) is 12.1 Å². The van der Waals surface area contributed by atoms with Crippen molar-refractivity contribution in [3.05, 3.63) is 30.2 Å². The van der Waals surface area contributed by atoms with Gasteiger partial charge in [-0.1, -0.05) is 12.1 Å². The first kappa shape index (κ1) is 18.0. The van der Waals surface area contributed by atoms with Gasteiger partial charge < -0.3 is 30.2 Å². The van der Waals surface area contributed by atoms with Gasteiger partial charge in [0.15, 0.2) is 18.1 Å². The average molecular weight is 336 g/mol. The molecule has 0 fully saturated rings. The van der Waals surface area contributed by atoms with Crippen LogP contribution in [0.5, 0.6) is 11.5 Å². The maximum atomic E-state index is 10.00. The number of aliphatic hydroxyl groups is 1. The second kappa shape index (κ2) is 7.98. The lowest BCUT2D eigenvalue weighted by atomic mass is 10.1. The first-order chi connectivity index (χ1) is 11.3. The highest BCUT2D eigenvalue weighted by atomic mass is 16.5. The maximum absolute atomic E-state index is 10.00. The fourth-order valence-corrected chi connectivity index (χ4v) is 1.82. The number of nitrogens with two attached hydrogens (primary N) is 1. The van der Waals surface area contributed by atoms with E-state index in [0.717, 1.165) is 0 Å². The van der Waals surface area contributed by atoms with E-state index in [9.17, 15) is 5.11 Å². The average Bonchev–Trinajstić information content (AvgIpc) is 2.94. The molecule has 1 heterocycles. The standard InChI is InChI=1S/C16H24N4O4/c1-16(2,3)18-8-11(21)9-22-12-6-4-5-7-13(12)23-10-14-19-15(17)20-24-14/h4-7,11,18,21H,8-10H2,1-3H3,(H2,17,20). The summed E-state index contributed by atoms with van der Waals surface area (Å²) < 4.78 is 16.1. The zero-order valence-electron chi connectivity index (χ0n) is 14.2. The number of ether oxygens (including phenoxy) is 2. The molecule has 24 heavy (non-hydrogen) atoms. The smallest absolute Gasteiger partial charge is 0.266 e. The zero-order valence-corrected chi connectivity index (χ0v) is 14.2. The van der Waals surface area contributed by atoms with Crippen LogP contribution < -0.4 is 20.5 Å². The van der Waals surface area contributed by atoms with Crippen LogP contribution in [0.2, 0.25) is 0 Å². The molecule has 0 bridgehead atoms. The van der Waals surface area contributed by atoms with Crippen molar-refractivity contribution in [3.8, 4) is 11.5 Å². The predicted octanol–water partition coefficient (Wildman–Crippen LogP) is 1.36. The fraction of sp³-hybridized carbons (Fsp3) is 0.500. The number of rotatable bonds is 8. The number of nitrogen functional groups attached to an aromatic ring is 1. The van der Waals surface area contributed by atoms with E-state index < -0.39 is 6.10 Å². The Balaban J connectivity index is 1.86. The van der Waals surface area contributed by atoms with E-state index in [-0.39, 0.29) is 30.6 Å². The molecule has 8 heteroatoms. The van der Waals surface area contributed by atoms with Gasteiger partial charge in [-0.25, -0.2) is 0 Å². The van der Waals surface area contributed by atoms with Gasteiger partial charge in [0.25, 0.3) is 11.8 Å². The molecule has 0 saturated carbocycles. The molecular weight excluding hydrogens is 312 g/mol. The summed E-state index contributed by atoms with van der Waals surface area (Å²) in [6.07, 6.45) is -0.631. The minimum atomic E-state index is -0.631. The van der Waals surface area contributed by atoms with Crippen LogP contribution in [0.3, 0.4) is 0 Å². The molecule has 2 rings (SSSR count). The van der Waals surface area contributed by atoms with Crippen LogP contribution >= 0.6 is 0 Å². The molecule has 0 radical (unpaired) electrons. The van der Waals surface area contributed by atoms with Crippen molar-refractivity contribution in [3.63, 3.8) is 0 Å². The zero-order chi connectivity index (χ0) is 17.6. The van der Waals surface area contributed by atoms with E-state index in [0.29, 0.717) is 18.0 Å². The second-order valence-electron chi connectivity index (χ2n) is 6.38. The molecule has 4 N–H and O–H groups in total. The second-order valence-corrected chi connectivity index (χ2v) is 6.38. The van der Waals surface area contributed by atoms with E-state index in [4.69, 9.17) is 19.7 Å². The van der Waals surface area contributed by atoms with E-state index >= 15 is 0 Å². The van der Waals surface area contributed by atoms with Gasteiger partial charge in [-0.15, -0.1) is 0 Å². The molecule has 0 spiro atoms. The minimum absolute atomic E-state index is 0.0616. The van der Waals surface area contributed by atoms with Crippen LogP contribution in [0.1, 0.15) is 26.7 Å². The van der Waals surface area contributed by atoms with E-state index in [2.05, 4.69) is 15.5 Å². The number of aromatic nitrogens is 2. The predicted molar refractivity (Wildman–Crippen MR) is 88.7 cm³/mol. The third-order valence-electron chi connectivity index (χ3n) is 2.98. The number of anilines is 1. The third-order valence-corrected chi connectivity index (χ3v) is 2.98. The largest absolute Gasteiger partial charge is 0.487 e. The number of nitrogens with zero attached hydrogens (tertiary/aromatic N) is 2. The number of β-amino-alcohol motifs (C(OH)–C–C–N with tert-alkyl or cyclic N) is 1. The molecule has 0 aliphatic rings. The Labute approximate surface area is 141 Å². The highest BCUT2D eigenvalue weighted by Gasteiger charge is 2.14. The normalized spacial score (nSPS) is 12.8. The van der Waals surface area contributed by atoms with E-state index in [1.165, 1.54) is 0 Å². The number of benzene rings is 1. The monoisotopic (exact) mass is 336 g/mol. The highest BCUT2D eigenvalue weighted by molar-refractivity contribution is 5.39. The molecule has 0 amide bonds. The molecule has 1 aromatic carbocycles. The Morgan fingerprint density at radius 1 is 1.25 bits per heavy atom. The summed E-state index contributed by atoms with van der Waals surface area (Å²) in [7, 11) is 0. The van der Waals surface area contributed by atoms with Crippen LogP contribution in [0, 0.1) is 0 Å². The van der Waals surface area contributed by atoms with Crippen LogP contribution in [-0.2, 0) is 6.61 Å². The molecule has 2 aromatic rings. The fourth-order valence-electron chi connectivity index (χ4n) is 1.82. The van der Waals surface area contributed by atoms with Crippen molar-refractivity contribution in [2.24, 2.45) is 0 Å². The van der Waals surface area contributed by atoms with Crippen LogP contribution in [0.4, 0.5) is 5.95 Å². The molecule has 132 valence electrons. The number of para-hydroxylation sites is 2. The third kappa shape index (κ3) is 6.05. The summed E-state index contributed by atoms with van der Waals surface area (Å²) >= 11 is 0. The number of hydrogen-bond acceptors (Lipinski definition) is 8. The van der Waals surface area contributed by atoms with Gasteiger partial charge in [0.1, 0.15) is 12.7 Å². The van der Waals surface area contributed by atoms with Crippen molar-refractivity contribution < 1.29 is 19.1 Å². The Morgan fingerprint density at radius 2 is 1.92 bits per heavy atom. The molecule has 0 aliphatic carbocycles. The van der Waals surface area contributed by atoms with Crippen LogP contribution in [-0.4, -0.2) is 40.0 Å². The molecular formula is C16H24N4O4. The van der Waals surface area contributed by atoms with Gasteiger partial charge in [0.2, 0.25) is 0 Å². The van der Waals surface area contributed by atoms with E-state index in [1.54, 1.807) is 12.1 Å². The molecule has 1 aromatic heterocycles. The number of nitrogens with one attached hydrogen (secondary N) is 1. The summed E-state index contributed by atoms with van der Waals surface area (Å²) in [6, 6.07) is 7.17. The van der Waals surface area contributed by atoms with Crippen LogP contribution in [0.15, 0.2) is 28.8 Å². The molecule has 1 atom stereocenters. The first-order valence-electron chi connectivity index (χ1n) is 7.69. The Morgan fingerprint density at radius 3 is 2.50 bits per heavy atom. The van der Waals surface area contributed by atoms with Crippen molar-refractivity contribution in [1.82, 2.24) is 15.5 Å². The Bertz CT molecular complexity index is 639. The van der Waals surface area contributed by atoms with E-state index in [1.807, 2.05) is 32.9 Å². The molecule has 0 saturated heterocycles. The number of hydrogen-bond donors (Lipinski definition) is 3. The quantitative estimate of drug-likeness (QED) is 0.662. The van der Waals surface area contributed by atoms with Crippen molar-refractivity contribution in [2.45, 2.75) is 39.0 Å². The van der Waals surface area contributed by atoms with Gasteiger partial charge >= 0.3 is 0 Å². The molecule has 8 nitrogen and oxygen atoms in total. The van der Waals surface area contributed by atoms with Gasteiger partial charge in [-0.2, -0.15) is 4.98 Å². The Kier molecular flexibility index (Phi) is 5.99. The van der Waals surface area contributed by atoms with Gasteiger partial charge in [-0.3, -0.25) is 0 Å². The van der Waals surface area contributed by atoms with Crippen molar-refractivity contribution in [1.29, 1.82) is 0 Å². The lowest BCUT2D eigenvalue weighted by molar-refractivity contribution is 0.0973. The summed E-state index contributed by atoms with van der Waals surface area (Å²) in [6.45, 7) is 6.78. The minimum Gasteiger partial charge on any atom is -0.487 e. The highest BCUT2D eigenvalue weighted by Crippen LogP contribution is 2.27. The topological polar surface area (TPSA) is 116 Å². The first-order valence-corrected chi connectivity index (χ1v) is 7.69. The molecule has 1 unspecified atom stereocenters. The lowest BCUT2D eigenvalue weighted by Crippen LogP contribution is -2.42. The number of aliphatic hydroxyl groups excluding tert-OH is 1.